The van der Waals surface area contributed by atoms with Gasteiger partial charge in [-0.3, -0.25) is 13.6 Å². The fourth-order valence-electron chi connectivity index (χ4n) is 2.21. The molecule has 2 heterocycles. The highest BCUT2D eigenvalue weighted by molar-refractivity contribution is 7.84. The Kier molecular flexibility index (Phi) is 4.61. The summed E-state index contributed by atoms with van der Waals surface area (Å²) in [5.74, 6) is 0.571. The number of thiophene rings is 1. The second kappa shape index (κ2) is 5.91. The van der Waals surface area contributed by atoms with Gasteiger partial charge in [-0.15, -0.1) is 11.3 Å². The molecule has 0 amide bonds. The number of aryl methyl sites for hydroxylation is 2. The third-order valence-electron chi connectivity index (χ3n) is 3.52. The number of H-pyrrole nitrogens is 1. The molecule has 7 heteroatoms. The lowest BCUT2D eigenvalue weighted by Crippen LogP contribution is -2.26. The van der Waals surface area contributed by atoms with E-state index in [9.17, 15) is 9.00 Å². The summed E-state index contributed by atoms with van der Waals surface area (Å²) in [5.41, 5.74) is 0.973. The van der Waals surface area contributed by atoms with Gasteiger partial charge in [0.1, 0.15) is 4.83 Å². The molecule has 2 unspecified atom stereocenters. The number of nitrogens with one attached hydrogen (secondary N) is 1. The van der Waals surface area contributed by atoms with Crippen molar-refractivity contribution < 1.29 is 4.21 Å². The Labute approximate surface area is 129 Å². The van der Waals surface area contributed by atoms with E-state index in [-0.39, 0.29) is 11.6 Å². The average Bonchev–Trinajstić information content (AvgIpc) is 2.62. The van der Waals surface area contributed by atoms with E-state index in [0.29, 0.717) is 16.9 Å². The van der Waals surface area contributed by atoms with Crippen molar-refractivity contribution in [3.05, 3.63) is 25.6 Å². The van der Waals surface area contributed by atoms with Crippen molar-refractivity contribution in [3.8, 4) is 0 Å². The first-order valence-corrected chi connectivity index (χ1v) is 9.32. The van der Waals surface area contributed by atoms with Crippen molar-refractivity contribution in [3.63, 3.8) is 0 Å². The Hall–Kier alpha value is -0.790. The number of hydrogen-bond donors (Lipinski definition) is 1. The molecule has 0 aliphatic rings. The topological polar surface area (TPSA) is 54.9 Å². The van der Waals surface area contributed by atoms with E-state index in [1.165, 1.54) is 0 Å². The van der Waals surface area contributed by atoms with E-state index in [2.05, 4.69) is 4.98 Å². The van der Waals surface area contributed by atoms with Crippen molar-refractivity contribution in [1.29, 1.82) is 0 Å². The summed E-state index contributed by atoms with van der Waals surface area (Å²) in [7, 11) is -0.858. The normalized spacial score (nSPS) is 14.6. The SMILES string of the molecule is Cc1sc2[nH]c(=S)n(C(C)CCS(C)=O)c(=O)c2c1C. The van der Waals surface area contributed by atoms with Crippen LogP contribution in [0.5, 0.6) is 0 Å². The minimum atomic E-state index is -0.858. The summed E-state index contributed by atoms with van der Waals surface area (Å²) in [6.45, 7) is 5.91. The van der Waals surface area contributed by atoms with E-state index in [4.69, 9.17) is 12.2 Å². The quantitative estimate of drug-likeness (QED) is 0.877. The average molecular weight is 331 g/mol. The highest BCUT2D eigenvalue weighted by atomic mass is 32.2. The molecule has 2 aromatic rings. The molecule has 2 rings (SSSR count). The Morgan fingerprint density at radius 3 is 2.70 bits per heavy atom. The molecule has 2 aromatic heterocycles. The largest absolute Gasteiger partial charge is 0.323 e. The highest BCUT2D eigenvalue weighted by Gasteiger charge is 2.16. The maximum Gasteiger partial charge on any atom is 0.263 e. The van der Waals surface area contributed by atoms with Gasteiger partial charge in [-0.1, -0.05) is 0 Å². The van der Waals surface area contributed by atoms with Crippen molar-refractivity contribution in [2.45, 2.75) is 33.2 Å². The van der Waals surface area contributed by atoms with Crippen LogP contribution in [-0.2, 0) is 10.8 Å². The van der Waals surface area contributed by atoms with Crippen molar-refractivity contribution >= 4 is 44.6 Å². The molecular formula is C13H18N2O2S3. The van der Waals surface area contributed by atoms with E-state index in [1.807, 2.05) is 20.8 Å². The lowest BCUT2D eigenvalue weighted by atomic mass is 10.2. The smallest absolute Gasteiger partial charge is 0.263 e. The van der Waals surface area contributed by atoms with Crippen LogP contribution in [0.2, 0.25) is 0 Å². The molecule has 0 saturated heterocycles. The van der Waals surface area contributed by atoms with Crippen LogP contribution in [0.25, 0.3) is 10.2 Å². The molecule has 0 aliphatic heterocycles. The summed E-state index contributed by atoms with van der Waals surface area (Å²) < 4.78 is 13.3. The maximum absolute atomic E-state index is 12.7. The van der Waals surface area contributed by atoms with Crippen LogP contribution in [0.15, 0.2) is 4.79 Å². The zero-order valence-electron chi connectivity index (χ0n) is 12.0. The van der Waals surface area contributed by atoms with E-state index >= 15 is 0 Å². The highest BCUT2D eigenvalue weighted by Crippen LogP contribution is 2.26. The van der Waals surface area contributed by atoms with E-state index in [0.717, 1.165) is 20.7 Å². The van der Waals surface area contributed by atoms with Gasteiger partial charge in [0, 0.05) is 33.7 Å². The van der Waals surface area contributed by atoms with Crippen molar-refractivity contribution in [1.82, 2.24) is 9.55 Å². The Morgan fingerprint density at radius 2 is 2.10 bits per heavy atom. The zero-order chi connectivity index (χ0) is 15.0. The number of aromatic amines is 1. The number of rotatable bonds is 4. The maximum atomic E-state index is 12.7. The predicted octanol–water partition coefficient (Wildman–Crippen LogP) is 3.07. The molecule has 0 aromatic carbocycles. The number of fused-ring (bicyclic) bond motifs is 1. The Balaban J connectivity index is 2.59. The van der Waals surface area contributed by atoms with Crippen LogP contribution in [0.1, 0.15) is 29.8 Å². The van der Waals surface area contributed by atoms with Gasteiger partial charge in [-0.2, -0.15) is 0 Å². The molecule has 110 valence electrons. The molecule has 0 saturated carbocycles. The van der Waals surface area contributed by atoms with Gasteiger partial charge in [-0.05, 0) is 45.0 Å². The molecule has 0 fully saturated rings. The van der Waals surface area contributed by atoms with Crippen LogP contribution in [0, 0.1) is 18.6 Å². The van der Waals surface area contributed by atoms with Gasteiger partial charge < -0.3 is 4.98 Å². The molecule has 0 bridgehead atoms. The fraction of sp³-hybridized carbons (Fsp3) is 0.538. The lowest BCUT2D eigenvalue weighted by Gasteiger charge is -2.14. The molecule has 1 N–H and O–H groups in total. The first-order chi connectivity index (χ1) is 9.32. The third-order valence-corrected chi connectivity index (χ3v) is 5.75. The minimum Gasteiger partial charge on any atom is -0.323 e. The predicted molar refractivity (Wildman–Crippen MR) is 89.0 cm³/mol. The van der Waals surface area contributed by atoms with Crippen LogP contribution in [0.3, 0.4) is 0 Å². The minimum absolute atomic E-state index is 0.0417. The summed E-state index contributed by atoms with van der Waals surface area (Å²) in [5, 5.41) is 0.727. The first-order valence-electron chi connectivity index (χ1n) is 6.37. The van der Waals surface area contributed by atoms with Gasteiger partial charge in [0.2, 0.25) is 0 Å². The van der Waals surface area contributed by atoms with Gasteiger partial charge in [-0.25, -0.2) is 0 Å². The molecule has 2 atom stereocenters. The molecule has 0 aliphatic carbocycles. The Bertz CT molecular complexity index is 785. The van der Waals surface area contributed by atoms with Gasteiger partial charge in [0.15, 0.2) is 4.77 Å². The van der Waals surface area contributed by atoms with Crippen LogP contribution in [0.4, 0.5) is 0 Å². The number of aromatic nitrogens is 2. The standard InChI is InChI=1S/C13H18N2O2S3/c1-7(5-6-20(4)17)15-12(16)10-8(2)9(3)19-11(10)14-13(15)18/h7H,5-6H2,1-4H3,(H,14,18). The van der Waals surface area contributed by atoms with Gasteiger partial charge in [0.25, 0.3) is 5.56 Å². The number of nitrogens with zero attached hydrogens (tertiary/aromatic N) is 1. The lowest BCUT2D eigenvalue weighted by molar-refractivity contribution is 0.505. The van der Waals surface area contributed by atoms with E-state index in [1.54, 1.807) is 22.2 Å². The molecule has 0 radical (unpaired) electrons. The second-order valence-electron chi connectivity index (χ2n) is 5.01. The summed E-state index contributed by atoms with van der Waals surface area (Å²) >= 11 is 6.88. The van der Waals surface area contributed by atoms with Crippen LogP contribution in [-0.4, -0.2) is 25.8 Å². The second-order valence-corrected chi connectivity index (χ2v) is 8.17. The van der Waals surface area contributed by atoms with Crippen molar-refractivity contribution in [2.75, 3.05) is 12.0 Å². The fourth-order valence-corrected chi connectivity index (χ4v) is 4.36. The van der Waals surface area contributed by atoms with E-state index < -0.39 is 10.8 Å². The number of hydrogen-bond acceptors (Lipinski definition) is 4. The molecular weight excluding hydrogens is 312 g/mol. The monoisotopic (exact) mass is 330 g/mol. The van der Waals surface area contributed by atoms with Crippen molar-refractivity contribution in [2.24, 2.45) is 0 Å². The first kappa shape index (κ1) is 15.6. The van der Waals surface area contributed by atoms with Gasteiger partial charge in [0.05, 0.1) is 5.39 Å². The molecule has 0 spiro atoms. The summed E-state index contributed by atoms with van der Waals surface area (Å²) in [6.07, 6.45) is 2.35. The zero-order valence-corrected chi connectivity index (χ0v) is 14.4. The molecule has 4 nitrogen and oxygen atoms in total. The summed E-state index contributed by atoms with van der Waals surface area (Å²) in [6, 6.07) is -0.0563. The molecule has 20 heavy (non-hydrogen) atoms. The summed E-state index contributed by atoms with van der Waals surface area (Å²) in [4.78, 5) is 17.8. The Morgan fingerprint density at radius 1 is 1.45 bits per heavy atom. The van der Waals surface area contributed by atoms with Gasteiger partial charge >= 0.3 is 0 Å². The van der Waals surface area contributed by atoms with Crippen LogP contribution >= 0.6 is 23.6 Å². The van der Waals surface area contributed by atoms with Crippen LogP contribution < -0.4 is 5.56 Å². The third kappa shape index (κ3) is 2.80.